The normalized spacial score (nSPS) is 25.4. The van der Waals surface area contributed by atoms with Crippen LogP contribution in [0.4, 0.5) is 8.78 Å². The number of carboxylic acid groups (broad SMARTS) is 1. The van der Waals surface area contributed by atoms with Gasteiger partial charge in [0.25, 0.3) is 5.91 Å². The molecular weight excluding hydrogens is 268 g/mol. The highest BCUT2D eigenvalue weighted by Crippen LogP contribution is 2.38. The molecule has 0 radical (unpaired) electrons. The third-order valence-corrected chi connectivity index (χ3v) is 3.93. The van der Waals surface area contributed by atoms with E-state index in [-0.39, 0.29) is 5.56 Å². The van der Waals surface area contributed by atoms with Crippen LogP contribution < -0.4 is 5.32 Å². The van der Waals surface area contributed by atoms with Crippen LogP contribution in [0.25, 0.3) is 0 Å². The van der Waals surface area contributed by atoms with E-state index < -0.39 is 35.0 Å². The summed E-state index contributed by atoms with van der Waals surface area (Å²) in [6, 6.07) is 2.33. The van der Waals surface area contributed by atoms with Gasteiger partial charge < -0.3 is 10.4 Å². The molecule has 108 valence electrons. The lowest BCUT2D eigenvalue weighted by atomic mass is 9.85. The van der Waals surface area contributed by atoms with Crippen molar-refractivity contribution < 1.29 is 23.5 Å². The summed E-state index contributed by atoms with van der Waals surface area (Å²) >= 11 is 0. The molecule has 1 aliphatic carbocycles. The highest BCUT2D eigenvalue weighted by molar-refractivity contribution is 5.95. The fourth-order valence-electron chi connectivity index (χ4n) is 2.53. The Balaban J connectivity index is 2.15. The summed E-state index contributed by atoms with van der Waals surface area (Å²) in [6.07, 6.45) is 1.73. The van der Waals surface area contributed by atoms with Gasteiger partial charge in [0.2, 0.25) is 0 Å². The molecule has 2 N–H and O–H groups in total. The van der Waals surface area contributed by atoms with E-state index in [1.165, 1.54) is 6.07 Å². The summed E-state index contributed by atoms with van der Waals surface area (Å²) in [7, 11) is 0. The number of carbonyl (C=O) groups excluding carboxylic acids is 1. The van der Waals surface area contributed by atoms with Crippen LogP contribution in [0.15, 0.2) is 18.2 Å². The zero-order chi connectivity index (χ0) is 14.9. The second kappa shape index (κ2) is 5.19. The van der Waals surface area contributed by atoms with E-state index in [2.05, 4.69) is 5.32 Å². The summed E-state index contributed by atoms with van der Waals surface area (Å²) in [5, 5.41) is 11.9. The Bertz CT molecular complexity index is 561. The minimum Gasteiger partial charge on any atom is -0.481 e. The molecule has 1 aromatic carbocycles. The largest absolute Gasteiger partial charge is 0.481 e. The molecule has 0 bridgehead atoms. The van der Waals surface area contributed by atoms with Crippen molar-refractivity contribution in [2.24, 2.45) is 5.41 Å². The maximum atomic E-state index is 13.1. The average Bonchev–Trinajstić information content (AvgIpc) is 2.75. The SMILES string of the molecule is CC1(C(=O)O)CCCC1NC(=O)c1ccc(F)c(F)c1. The lowest BCUT2D eigenvalue weighted by Crippen LogP contribution is -2.47. The summed E-state index contributed by atoms with van der Waals surface area (Å²) < 4.78 is 25.9. The molecule has 1 fully saturated rings. The lowest BCUT2D eigenvalue weighted by Gasteiger charge is -2.27. The van der Waals surface area contributed by atoms with Crippen LogP contribution >= 0.6 is 0 Å². The van der Waals surface area contributed by atoms with Gasteiger partial charge >= 0.3 is 5.97 Å². The second-order valence-electron chi connectivity index (χ2n) is 5.27. The first-order valence-electron chi connectivity index (χ1n) is 6.34. The van der Waals surface area contributed by atoms with Crippen molar-refractivity contribution in [1.29, 1.82) is 0 Å². The molecule has 20 heavy (non-hydrogen) atoms. The van der Waals surface area contributed by atoms with Crippen LogP contribution in [-0.4, -0.2) is 23.0 Å². The Morgan fingerprint density at radius 3 is 2.65 bits per heavy atom. The number of benzene rings is 1. The van der Waals surface area contributed by atoms with Crippen LogP contribution in [0.5, 0.6) is 0 Å². The Morgan fingerprint density at radius 2 is 2.05 bits per heavy atom. The summed E-state index contributed by atoms with van der Waals surface area (Å²) in [4.78, 5) is 23.3. The molecule has 1 saturated carbocycles. The summed E-state index contributed by atoms with van der Waals surface area (Å²) in [5.41, 5.74) is -1.04. The average molecular weight is 283 g/mol. The van der Waals surface area contributed by atoms with Crippen molar-refractivity contribution in [3.63, 3.8) is 0 Å². The standard InChI is InChI=1S/C14H15F2NO3/c1-14(13(19)20)6-2-3-11(14)17-12(18)8-4-5-9(15)10(16)7-8/h4-5,7,11H,2-3,6H2,1H3,(H,17,18)(H,19,20). The Labute approximate surface area is 114 Å². The summed E-state index contributed by atoms with van der Waals surface area (Å²) in [6.45, 7) is 1.58. The second-order valence-corrected chi connectivity index (χ2v) is 5.27. The number of rotatable bonds is 3. The van der Waals surface area contributed by atoms with Crippen LogP contribution in [0, 0.1) is 17.0 Å². The van der Waals surface area contributed by atoms with Gasteiger partial charge in [-0.25, -0.2) is 8.78 Å². The number of nitrogens with one attached hydrogen (secondary N) is 1. The van der Waals surface area contributed by atoms with E-state index in [1.807, 2.05) is 0 Å². The molecule has 4 nitrogen and oxygen atoms in total. The first-order valence-corrected chi connectivity index (χ1v) is 6.34. The first-order chi connectivity index (χ1) is 9.34. The van der Waals surface area contributed by atoms with Crippen LogP contribution in [0.2, 0.25) is 0 Å². The van der Waals surface area contributed by atoms with Gasteiger partial charge in [0.05, 0.1) is 5.41 Å². The third-order valence-electron chi connectivity index (χ3n) is 3.93. The topological polar surface area (TPSA) is 66.4 Å². The Morgan fingerprint density at radius 1 is 1.35 bits per heavy atom. The molecule has 2 unspecified atom stereocenters. The number of carboxylic acids is 1. The minimum atomic E-state index is -1.11. The van der Waals surface area contributed by atoms with Crippen molar-refractivity contribution in [1.82, 2.24) is 5.32 Å². The molecule has 1 aliphatic rings. The van der Waals surface area contributed by atoms with Crippen molar-refractivity contribution in [3.05, 3.63) is 35.4 Å². The maximum Gasteiger partial charge on any atom is 0.311 e. The van der Waals surface area contributed by atoms with Crippen LogP contribution in [0.3, 0.4) is 0 Å². The van der Waals surface area contributed by atoms with Gasteiger partial charge in [-0.05, 0) is 38.0 Å². The number of hydrogen-bond donors (Lipinski definition) is 2. The molecule has 0 aliphatic heterocycles. The van der Waals surface area contributed by atoms with Crippen molar-refractivity contribution in [2.45, 2.75) is 32.2 Å². The van der Waals surface area contributed by atoms with Crippen molar-refractivity contribution in [2.75, 3.05) is 0 Å². The van der Waals surface area contributed by atoms with Gasteiger partial charge in [0, 0.05) is 11.6 Å². The van der Waals surface area contributed by atoms with Gasteiger partial charge in [-0.3, -0.25) is 9.59 Å². The fraction of sp³-hybridized carbons (Fsp3) is 0.429. The molecule has 2 rings (SSSR count). The van der Waals surface area contributed by atoms with E-state index in [0.717, 1.165) is 12.1 Å². The smallest absolute Gasteiger partial charge is 0.311 e. The molecular formula is C14H15F2NO3. The monoisotopic (exact) mass is 283 g/mol. The number of carbonyl (C=O) groups is 2. The van der Waals surface area contributed by atoms with Crippen LogP contribution in [-0.2, 0) is 4.79 Å². The van der Waals surface area contributed by atoms with E-state index >= 15 is 0 Å². The zero-order valence-electron chi connectivity index (χ0n) is 11.0. The third kappa shape index (κ3) is 2.50. The highest BCUT2D eigenvalue weighted by Gasteiger charge is 2.45. The van der Waals surface area contributed by atoms with E-state index in [1.54, 1.807) is 6.92 Å². The number of amides is 1. The molecule has 0 spiro atoms. The molecule has 0 saturated heterocycles. The first kappa shape index (κ1) is 14.4. The minimum absolute atomic E-state index is 0.0245. The fourth-order valence-corrected chi connectivity index (χ4v) is 2.53. The van der Waals surface area contributed by atoms with E-state index in [9.17, 15) is 23.5 Å². The molecule has 0 aromatic heterocycles. The predicted molar refractivity (Wildman–Crippen MR) is 67.2 cm³/mol. The molecule has 0 heterocycles. The van der Waals surface area contributed by atoms with Gasteiger partial charge in [-0.1, -0.05) is 6.42 Å². The Kier molecular flexibility index (Phi) is 3.74. The van der Waals surface area contributed by atoms with E-state index in [0.29, 0.717) is 19.3 Å². The molecule has 1 amide bonds. The van der Waals surface area contributed by atoms with Gasteiger partial charge in [0.15, 0.2) is 11.6 Å². The zero-order valence-corrected chi connectivity index (χ0v) is 11.0. The predicted octanol–water partition coefficient (Wildman–Crippen LogP) is 2.34. The number of halogens is 2. The summed E-state index contributed by atoms with van der Waals surface area (Å²) in [5.74, 6) is -3.70. The number of aliphatic carboxylic acids is 1. The van der Waals surface area contributed by atoms with E-state index in [4.69, 9.17) is 0 Å². The van der Waals surface area contributed by atoms with Gasteiger partial charge in [-0.2, -0.15) is 0 Å². The van der Waals surface area contributed by atoms with Crippen molar-refractivity contribution >= 4 is 11.9 Å². The lowest BCUT2D eigenvalue weighted by molar-refractivity contribution is -0.148. The molecule has 2 atom stereocenters. The molecule has 6 heteroatoms. The quantitative estimate of drug-likeness (QED) is 0.894. The van der Waals surface area contributed by atoms with Gasteiger partial charge in [-0.15, -0.1) is 0 Å². The molecule has 1 aromatic rings. The van der Waals surface area contributed by atoms with Crippen LogP contribution in [0.1, 0.15) is 36.5 Å². The highest BCUT2D eigenvalue weighted by atomic mass is 19.2. The Hall–Kier alpha value is -1.98. The van der Waals surface area contributed by atoms with Crippen molar-refractivity contribution in [3.8, 4) is 0 Å². The maximum absolute atomic E-state index is 13.1. The van der Waals surface area contributed by atoms with Gasteiger partial charge in [0.1, 0.15) is 0 Å². The number of hydrogen-bond acceptors (Lipinski definition) is 2.